The lowest BCUT2D eigenvalue weighted by Gasteiger charge is -2.31. The van der Waals surface area contributed by atoms with E-state index in [4.69, 9.17) is 21.6 Å². The van der Waals surface area contributed by atoms with Crippen molar-refractivity contribution in [2.45, 2.75) is 51.3 Å². The number of nitrogens with two attached hydrogens (primary N) is 1. The molecule has 2 atom stereocenters. The number of rotatable bonds is 4. The van der Waals surface area contributed by atoms with E-state index in [9.17, 15) is 9.59 Å². The Morgan fingerprint density at radius 3 is 2.37 bits per heavy atom. The maximum Gasteiger partial charge on any atom is 0.411 e. The number of likely N-dealkylation sites (tertiary alicyclic amines) is 1. The van der Waals surface area contributed by atoms with Crippen LogP contribution >= 0.6 is 0 Å². The van der Waals surface area contributed by atoms with Crippen LogP contribution in [0.4, 0.5) is 4.79 Å². The Bertz CT molecular complexity index is 970. The van der Waals surface area contributed by atoms with Gasteiger partial charge in [-0.2, -0.15) is 0 Å². The highest BCUT2D eigenvalue weighted by Gasteiger charge is 2.42. The van der Waals surface area contributed by atoms with E-state index in [1.807, 2.05) is 48.5 Å². The lowest BCUT2D eigenvalue weighted by molar-refractivity contribution is -0.122. The maximum atomic E-state index is 12.8. The quantitative estimate of drug-likeness (QED) is 0.764. The Kier molecular flexibility index (Phi) is 6.02. The van der Waals surface area contributed by atoms with Crippen molar-refractivity contribution in [1.82, 2.24) is 4.90 Å². The predicted octanol–water partition coefficient (Wildman–Crippen LogP) is 4.39. The Morgan fingerprint density at radius 2 is 1.77 bits per heavy atom. The molecule has 0 aromatic heterocycles. The van der Waals surface area contributed by atoms with Crippen molar-refractivity contribution in [3.8, 4) is 23.8 Å². The number of carbonyl (C=O) groups excluding carboxylic acids is 2. The predicted molar refractivity (Wildman–Crippen MR) is 114 cm³/mol. The van der Waals surface area contributed by atoms with Gasteiger partial charge in [-0.25, -0.2) is 4.79 Å². The van der Waals surface area contributed by atoms with Crippen LogP contribution in [0.5, 0.6) is 11.5 Å². The molecule has 1 fully saturated rings. The molecule has 2 aromatic carbocycles. The molecular formula is C24H26N2O4. The van der Waals surface area contributed by atoms with Gasteiger partial charge in [0.2, 0.25) is 5.91 Å². The molecule has 6 heteroatoms. The number of primary amides is 1. The topological polar surface area (TPSA) is 81.9 Å². The molecule has 6 nitrogen and oxygen atoms in total. The fraction of sp³-hybridized carbons (Fsp3) is 0.333. The summed E-state index contributed by atoms with van der Waals surface area (Å²) in [6.45, 7) is 5.36. The molecular weight excluding hydrogens is 380 g/mol. The number of terminal acetylenes is 1. The number of ether oxygens (including phenoxy) is 2. The van der Waals surface area contributed by atoms with E-state index in [-0.39, 0.29) is 6.04 Å². The molecule has 1 aliphatic rings. The van der Waals surface area contributed by atoms with E-state index in [0.29, 0.717) is 29.9 Å². The number of hydrogen-bond donors (Lipinski definition) is 1. The lowest BCUT2D eigenvalue weighted by Crippen LogP contribution is -2.46. The number of hydrogen-bond acceptors (Lipinski definition) is 4. The molecule has 2 amide bonds. The van der Waals surface area contributed by atoms with Crippen molar-refractivity contribution >= 4 is 12.0 Å². The van der Waals surface area contributed by atoms with E-state index >= 15 is 0 Å². The molecule has 2 aromatic rings. The van der Waals surface area contributed by atoms with Crippen molar-refractivity contribution in [2.75, 3.05) is 0 Å². The molecule has 1 heterocycles. The first-order chi connectivity index (χ1) is 14.2. The third kappa shape index (κ3) is 4.74. The molecule has 3 rings (SSSR count). The fourth-order valence-corrected chi connectivity index (χ4v) is 3.55. The van der Waals surface area contributed by atoms with Crippen molar-refractivity contribution in [2.24, 2.45) is 5.73 Å². The second-order valence-electron chi connectivity index (χ2n) is 8.21. The first-order valence-corrected chi connectivity index (χ1v) is 9.83. The maximum absolute atomic E-state index is 12.8. The zero-order valence-electron chi connectivity index (χ0n) is 17.4. The number of benzene rings is 2. The van der Waals surface area contributed by atoms with Gasteiger partial charge in [-0.15, -0.1) is 6.42 Å². The summed E-state index contributed by atoms with van der Waals surface area (Å²) in [5.74, 6) is 3.28. The standard InChI is InChI=1S/C24H26N2O4/c1-5-16-8-6-7-9-21(16)29-18-12-10-17(11-13-18)19-14-15-20(22(25)27)26(19)23(28)30-24(2,3)4/h1,6-13,19-20H,14-15H2,2-4H3,(H2,25,27)/t19-,20+/m1/s1. The number of amides is 2. The first-order valence-electron chi connectivity index (χ1n) is 9.83. The molecule has 1 aliphatic heterocycles. The molecule has 30 heavy (non-hydrogen) atoms. The Labute approximate surface area is 177 Å². The van der Waals surface area contributed by atoms with Crippen LogP contribution in [0.15, 0.2) is 48.5 Å². The van der Waals surface area contributed by atoms with Gasteiger partial charge in [0, 0.05) is 0 Å². The van der Waals surface area contributed by atoms with Gasteiger partial charge in [0.05, 0.1) is 11.6 Å². The zero-order valence-corrected chi connectivity index (χ0v) is 17.4. The molecule has 156 valence electrons. The summed E-state index contributed by atoms with van der Waals surface area (Å²) in [7, 11) is 0. The van der Waals surface area contributed by atoms with Crippen LogP contribution in [0.2, 0.25) is 0 Å². The van der Waals surface area contributed by atoms with E-state index < -0.39 is 23.6 Å². The van der Waals surface area contributed by atoms with Crippen LogP contribution in [0.1, 0.15) is 50.8 Å². The Morgan fingerprint density at radius 1 is 1.10 bits per heavy atom. The van der Waals surface area contributed by atoms with E-state index in [1.165, 1.54) is 4.90 Å². The average molecular weight is 406 g/mol. The zero-order chi connectivity index (χ0) is 21.9. The lowest BCUT2D eigenvalue weighted by atomic mass is 10.0. The fourth-order valence-electron chi connectivity index (χ4n) is 3.55. The minimum Gasteiger partial charge on any atom is -0.456 e. The van der Waals surface area contributed by atoms with Crippen LogP contribution in [0.3, 0.4) is 0 Å². The summed E-state index contributed by atoms with van der Waals surface area (Å²) in [6, 6.07) is 13.7. The van der Waals surface area contributed by atoms with Gasteiger partial charge in [-0.05, 0) is 63.4 Å². The largest absolute Gasteiger partial charge is 0.456 e. The molecule has 0 saturated carbocycles. The van der Waals surface area contributed by atoms with E-state index in [2.05, 4.69) is 5.92 Å². The van der Waals surface area contributed by atoms with Gasteiger partial charge in [-0.3, -0.25) is 9.69 Å². The SMILES string of the molecule is C#Cc1ccccc1Oc1ccc([C@H]2CC[C@@H](C(N)=O)N2C(=O)OC(C)(C)C)cc1. The molecule has 2 N–H and O–H groups in total. The van der Waals surface area contributed by atoms with Gasteiger partial charge in [0.15, 0.2) is 0 Å². The first kappa shape index (κ1) is 21.3. The van der Waals surface area contributed by atoms with Crippen molar-refractivity contribution < 1.29 is 19.1 Å². The third-order valence-corrected chi connectivity index (χ3v) is 4.85. The van der Waals surface area contributed by atoms with Gasteiger partial charge in [-0.1, -0.05) is 30.2 Å². The summed E-state index contributed by atoms with van der Waals surface area (Å²) >= 11 is 0. The number of carbonyl (C=O) groups is 2. The molecule has 0 bridgehead atoms. The summed E-state index contributed by atoms with van der Waals surface area (Å²) in [6.07, 6.45) is 6.09. The van der Waals surface area contributed by atoms with Crippen LogP contribution < -0.4 is 10.5 Å². The number of para-hydroxylation sites is 1. The van der Waals surface area contributed by atoms with Gasteiger partial charge in [0.25, 0.3) is 0 Å². The molecule has 0 spiro atoms. The van der Waals surface area contributed by atoms with E-state index in [0.717, 1.165) is 5.56 Å². The smallest absolute Gasteiger partial charge is 0.411 e. The molecule has 0 unspecified atom stereocenters. The van der Waals surface area contributed by atoms with Gasteiger partial charge >= 0.3 is 6.09 Å². The second kappa shape index (κ2) is 8.50. The molecule has 0 radical (unpaired) electrons. The monoisotopic (exact) mass is 406 g/mol. The van der Waals surface area contributed by atoms with Gasteiger partial charge < -0.3 is 15.2 Å². The Hall–Kier alpha value is -3.46. The second-order valence-corrected chi connectivity index (χ2v) is 8.21. The third-order valence-electron chi connectivity index (χ3n) is 4.85. The minimum atomic E-state index is -0.691. The summed E-state index contributed by atoms with van der Waals surface area (Å²) in [5, 5.41) is 0. The van der Waals surface area contributed by atoms with E-state index in [1.54, 1.807) is 20.8 Å². The highest BCUT2D eigenvalue weighted by molar-refractivity contribution is 5.85. The Balaban J connectivity index is 1.82. The highest BCUT2D eigenvalue weighted by atomic mass is 16.6. The van der Waals surface area contributed by atoms with Crippen molar-refractivity contribution in [1.29, 1.82) is 0 Å². The average Bonchev–Trinajstić information content (AvgIpc) is 3.13. The van der Waals surface area contributed by atoms with Crippen LogP contribution in [0, 0.1) is 12.3 Å². The van der Waals surface area contributed by atoms with Crippen LogP contribution in [-0.4, -0.2) is 28.5 Å². The van der Waals surface area contributed by atoms with Gasteiger partial charge in [0.1, 0.15) is 23.1 Å². The summed E-state index contributed by atoms with van der Waals surface area (Å²) in [5.41, 5.74) is 6.41. The summed E-state index contributed by atoms with van der Waals surface area (Å²) in [4.78, 5) is 26.2. The number of nitrogens with zero attached hydrogens (tertiary/aromatic N) is 1. The molecule has 1 saturated heterocycles. The van der Waals surface area contributed by atoms with Crippen LogP contribution in [0.25, 0.3) is 0 Å². The van der Waals surface area contributed by atoms with Crippen molar-refractivity contribution in [3.63, 3.8) is 0 Å². The summed E-state index contributed by atoms with van der Waals surface area (Å²) < 4.78 is 11.4. The highest BCUT2D eigenvalue weighted by Crippen LogP contribution is 2.38. The van der Waals surface area contributed by atoms with Crippen molar-refractivity contribution in [3.05, 3.63) is 59.7 Å². The molecule has 0 aliphatic carbocycles. The van der Waals surface area contributed by atoms with Crippen LogP contribution in [-0.2, 0) is 9.53 Å². The normalized spacial score (nSPS) is 18.5. The minimum absolute atomic E-state index is 0.301.